The predicted molar refractivity (Wildman–Crippen MR) is 327 cm³/mol. The van der Waals surface area contributed by atoms with Crippen LogP contribution in [0.5, 0.6) is 0 Å². The number of nitrogens with two attached hydrogens (primary N) is 4. The number of rotatable bonds is 8. The van der Waals surface area contributed by atoms with E-state index in [0.717, 1.165) is 30.9 Å². The first kappa shape index (κ1) is 95.1. The zero-order valence-corrected chi connectivity index (χ0v) is 54.1. The zero-order valence-electron chi connectivity index (χ0n) is 46.5. The van der Waals surface area contributed by atoms with Crippen LogP contribution in [0.15, 0.2) is 87.5 Å². The average molecular weight is 1370 g/mol. The standard InChI is InChI=1S/C10H12ClNO4S.C10H14N2O4S.C10H16N2O2S.C10H14N2O2.C4H10O.C2H6O.2CH4.2ClH.H3N.3H2O.Sn/c2*1-10(2,3)8-5-4-7(12(13)14)6-9(8)17(11,15)16;1-10(2,3)8-5-4-7(11)6-9(8)15(12,13)14;1-10(2,3)8-5-4-7(12(13)14)6-9(8)11;1-3-5-4-2;1-2-3;;;;;;;;;/h4-6H,1-3H3;4-6H,1-3H3,(H2,11,15,16);4-6H,11H2,1-3H3,(H2,12,13,14);4-6H,11H2,1-3H3;3-4H2,1-2H3;3H,2H2,1H3;2*1H4;2*1H;1H3;3*1H2;/q;;;;;;;;;;;;;;+2/p-2. The number of sulfonamides is 2. The summed E-state index contributed by atoms with van der Waals surface area (Å²) < 4.78 is 73.3. The first-order chi connectivity index (χ1) is 33.2. The van der Waals surface area contributed by atoms with Crippen LogP contribution in [0.2, 0.25) is 0 Å². The Balaban J connectivity index is -0.000000110. The summed E-state index contributed by atoms with van der Waals surface area (Å²) in [5, 5.41) is 49.5. The van der Waals surface area contributed by atoms with Crippen molar-refractivity contribution >= 4 is 105 Å². The fraction of sp³-hybridized carbons (Fsp3) is 0.500. The van der Waals surface area contributed by atoms with E-state index in [1.165, 1.54) is 42.5 Å². The summed E-state index contributed by atoms with van der Waals surface area (Å²) in [6.07, 6.45) is 0. The van der Waals surface area contributed by atoms with Crippen LogP contribution in [0.3, 0.4) is 0 Å². The number of aliphatic hydroxyl groups is 1. The Kier molecular flexibility index (Phi) is 48.7. The molecule has 32 heteroatoms. The van der Waals surface area contributed by atoms with E-state index >= 15 is 0 Å². The number of primary sulfonamides is 2. The number of hydrogen-bond donors (Lipinski definition) is 6. The molecule has 466 valence electrons. The van der Waals surface area contributed by atoms with Crippen molar-refractivity contribution in [1.29, 1.82) is 0 Å². The first-order valence-corrected chi connectivity index (χ1v) is 34.6. The Labute approximate surface area is 496 Å². The minimum atomic E-state index is -4.00. The average Bonchev–Trinajstić information content (AvgIpc) is 3.22. The van der Waals surface area contributed by atoms with E-state index in [1.54, 1.807) is 45.9 Å². The number of aliphatic hydroxyl groups excluding tert-OH is 1. The first-order valence-electron chi connectivity index (χ1n) is 21.9. The SMILES string of the molecule is C.C.CC(C)(C)c1ccc(N)cc1S(N)(=O)=O.CC(C)(C)c1ccc([N+](=O)[O-])cc1N.CC(C)(C)c1ccc([N+](=O)[O-])cc1S(=O)(=O)Cl.CC(C)(C)c1ccc([N+](=O)[O-])cc1S(N)(=O)=O.CCO.CCOCC.N.O.O.O.[Cl][Sn][Cl]. The number of non-ortho nitro benzene ring substituents is 3. The van der Waals surface area contributed by atoms with Gasteiger partial charge in [-0.15, -0.1) is 0 Å². The Morgan fingerprint density at radius 2 is 0.762 bits per heavy atom. The molecule has 4 aromatic carbocycles. The number of nitro groups is 3. The van der Waals surface area contributed by atoms with Gasteiger partial charge in [0.1, 0.15) is 0 Å². The van der Waals surface area contributed by atoms with Crippen LogP contribution < -0.4 is 27.9 Å². The topological polar surface area (TPSA) is 495 Å². The molecule has 0 saturated carbocycles. The van der Waals surface area contributed by atoms with Crippen molar-refractivity contribution in [2.45, 2.75) is 155 Å². The minimum absolute atomic E-state index is 0. The summed E-state index contributed by atoms with van der Waals surface area (Å²) in [6, 6.07) is 16.8. The quantitative estimate of drug-likeness (QED) is 0.0315. The summed E-state index contributed by atoms with van der Waals surface area (Å²) in [5.74, 6) is 0. The maximum absolute atomic E-state index is 11.4. The van der Waals surface area contributed by atoms with Gasteiger partial charge in [0.25, 0.3) is 26.1 Å². The molecule has 0 amide bonds. The fourth-order valence-electron chi connectivity index (χ4n) is 5.87. The van der Waals surface area contributed by atoms with Crippen molar-refractivity contribution in [1.82, 2.24) is 6.15 Å². The number of hydrogen-bond acceptors (Lipinski definition) is 17. The summed E-state index contributed by atoms with van der Waals surface area (Å²) >= 11 is -0.826. The molecule has 25 nitrogen and oxygen atoms in total. The predicted octanol–water partition coefficient (Wildman–Crippen LogP) is 9.05. The molecule has 0 aliphatic rings. The molecule has 0 saturated heterocycles. The summed E-state index contributed by atoms with van der Waals surface area (Å²) in [5.41, 5.74) is 12.9. The third-order valence-corrected chi connectivity index (χ3v) is 12.4. The molecule has 0 atom stereocenters. The molecule has 2 radical (unpaired) electrons. The summed E-state index contributed by atoms with van der Waals surface area (Å²) in [6.45, 7) is 30.3. The number of nitro benzene ring substituents is 3. The number of nitrogen functional groups attached to an aromatic ring is 2. The van der Waals surface area contributed by atoms with Gasteiger partial charge in [0.15, 0.2) is 0 Å². The fourth-order valence-corrected chi connectivity index (χ4v) is 9.10. The van der Waals surface area contributed by atoms with E-state index in [4.69, 9.17) is 60.1 Å². The van der Waals surface area contributed by atoms with Gasteiger partial charge in [0.2, 0.25) is 20.0 Å². The van der Waals surface area contributed by atoms with Crippen LogP contribution in [-0.4, -0.2) is 100 Å². The van der Waals surface area contributed by atoms with Crippen LogP contribution in [0, 0.1) is 30.3 Å². The van der Waals surface area contributed by atoms with Crippen molar-refractivity contribution in [2.75, 3.05) is 31.3 Å². The van der Waals surface area contributed by atoms with Gasteiger partial charge >= 0.3 is 36.7 Å². The zero-order chi connectivity index (χ0) is 59.2. The molecule has 0 heterocycles. The molecular weight excluding hydrogens is 1280 g/mol. The summed E-state index contributed by atoms with van der Waals surface area (Å²) in [7, 11) is 3.46. The van der Waals surface area contributed by atoms with Crippen molar-refractivity contribution in [3.05, 3.63) is 125 Å². The monoisotopic (exact) mass is 1370 g/mol. The number of halogens is 3. The normalized spacial score (nSPS) is 10.7. The van der Waals surface area contributed by atoms with Crippen LogP contribution >= 0.6 is 28.5 Å². The van der Waals surface area contributed by atoms with Gasteiger partial charge in [-0.2, -0.15) is 0 Å². The molecule has 4 rings (SSSR count). The molecule has 18 N–H and O–H groups in total. The van der Waals surface area contributed by atoms with E-state index in [-0.39, 0.29) is 86.6 Å². The molecule has 0 fully saturated rings. The second kappa shape index (κ2) is 41.0. The maximum atomic E-state index is 11.4. The van der Waals surface area contributed by atoms with Gasteiger partial charge in [-0.25, -0.2) is 35.5 Å². The van der Waals surface area contributed by atoms with Gasteiger partial charge in [-0.3, -0.25) is 30.3 Å². The molecule has 4 aromatic rings. The van der Waals surface area contributed by atoms with Crippen LogP contribution in [0.25, 0.3) is 0 Å². The number of ether oxygens (including phenoxy) is 1. The van der Waals surface area contributed by atoms with Gasteiger partial charge in [0, 0.05) is 78.3 Å². The Morgan fingerprint density at radius 1 is 0.525 bits per heavy atom. The van der Waals surface area contributed by atoms with Crippen molar-refractivity contribution < 1.29 is 66.3 Å². The molecule has 80 heavy (non-hydrogen) atoms. The van der Waals surface area contributed by atoms with Gasteiger partial charge in [0.05, 0.1) is 29.5 Å². The van der Waals surface area contributed by atoms with E-state index in [1.807, 2.05) is 76.2 Å². The summed E-state index contributed by atoms with van der Waals surface area (Å²) in [4.78, 5) is 29.6. The van der Waals surface area contributed by atoms with Gasteiger partial charge in [-0.1, -0.05) is 116 Å². The third kappa shape index (κ3) is 36.4. The van der Waals surface area contributed by atoms with Crippen molar-refractivity contribution in [2.24, 2.45) is 10.3 Å². The van der Waals surface area contributed by atoms with Crippen molar-refractivity contribution in [3.63, 3.8) is 0 Å². The van der Waals surface area contributed by atoms with Crippen LogP contribution in [0.4, 0.5) is 28.4 Å². The molecule has 0 unspecified atom stereocenters. The Morgan fingerprint density at radius 3 is 0.988 bits per heavy atom. The van der Waals surface area contributed by atoms with E-state index in [2.05, 4.69) is 0 Å². The van der Waals surface area contributed by atoms with E-state index in [0.29, 0.717) is 28.1 Å². The number of anilines is 2. The molecular formula is C48H89Cl3N8O17S3Sn. The van der Waals surface area contributed by atoms with E-state index in [9.17, 15) is 55.6 Å². The number of nitrogens with zero attached hydrogens (tertiary/aromatic N) is 3. The molecule has 0 bridgehead atoms. The van der Waals surface area contributed by atoms with E-state index < -0.39 is 73.6 Å². The Bertz CT molecular complexity index is 2720. The third-order valence-electron chi connectivity index (χ3n) is 9.12. The van der Waals surface area contributed by atoms with Crippen molar-refractivity contribution in [3.8, 4) is 0 Å². The second-order valence-electron chi connectivity index (χ2n) is 19.4. The van der Waals surface area contributed by atoms with Crippen LogP contribution in [0.1, 0.15) is 141 Å². The molecule has 0 aromatic heterocycles. The van der Waals surface area contributed by atoms with Gasteiger partial charge < -0.3 is 43.9 Å². The van der Waals surface area contributed by atoms with Gasteiger partial charge in [-0.05, 0) is 82.9 Å². The Hall–Kier alpha value is -4.12. The molecule has 0 aliphatic carbocycles. The second-order valence-corrected chi connectivity index (χ2v) is 29.2. The van der Waals surface area contributed by atoms with Crippen LogP contribution in [-0.2, 0) is 55.5 Å². The number of benzene rings is 4. The molecule has 0 spiro atoms. The molecule has 0 aliphatic heterocycles.